The van der Waals surface area contributed by atoms with Gasteiger partial charge in [-0.2, -0.15) is 5.26 Å². The zero-order valence-electron chi connectivity index (χ0n) is 41.7. The summed E-state index contributed by atoms with van der Waals surface area (Å²) in [7, 11) is 1.99. The van der Waals surface area contributed by atoms with Crippen molar-refractivity contribution in [2.24, 2.45) is 0 Å². The topological polar surface area (TPSA) is 131 Å². The molecule has 1 aliphatic rings. The first kappa shape index (κ1) is 51.2. The van der Waals surface area contributed by atoms with E-state index in [4.69, 9.17) is 28.5 Å². The van der Waals surface area contributed by atoms with Crippen molar-refractivity contribution in [3.63, 3.8) is 0 Å². The number of anilines is 4. The van der Waals surface area contributed by atoms with E-state index in [-0.39, 0.29) is 23.7 Å². The third-order valence-corrected chi connectivity index (χ3v) is 14.8. The number of ether oxygens (including phenoxy) is 3. The van der Waals surface area contributed by atoms with Gasteiger partial charge in [0.1, 0.15) is 17.1 Å². The Morgan fingerprint density at radius 1 is 0.542 bits per heavy atom. The smallest absolute Gasteiger partial charge is 0.259 e. The van der Waals surface area contributed by atoms with Crippen LogP contribution in [-0.2, 0) is 32.2 Å². The average Bonchev–Trinajstić information content (AvgIpc) is 3.40. The van der Waals surface area contributed by atoms with Crippen LogP contribution >= 0.6 is 8.53 Å². The van der Waals surface area contributed by atoms with Gasteiger partial charge < -0.3 is 33.9 Å². The van der Waals surface area contributed by atoms with E-state index in [2.05, 4.69) is 61.2 Å². The molecule has 0 fully saturated rings. The Labute approximate surface area is 424 Å². The van der Waals surface area contributed by atoms with E-state index in [1.165, 1.54) is 0 Å². The second-order valence-electron chi connectivity index (χ2n) is 18.0. The number of hydrogen-bond donors (Lipinski definition) is 2. The maximum Gasteiger partial charge on any atom is 0.259 e. The summed E-state index contributed by atoms with van der Waals surface area (Å²) in [5.41, 5.74) is 8.16. The lowest BCUT2D eigenvalue weighted by Crippen LogP contribution is -2.33. The van der Waals surface area contributed by atoms with E-state index >= 15 is 0 Å². The minimum atomic E-state index is -1.33. The molecule has 0 aliphatic heterocycles. The van der Waals surface area contributed by atoms with Crippen LogP contribution < -0.4 is 20.1 Å². The van der Waals surface area contributed by atoms with Crippen LogP contribution in [0.5, 0.6) is 11.5 Å². The fourth-order valence-corrected chi connectivity index (χ4v) is 10.8. The van der Waals surface area contributed by atoms with Gasteiger partial charge in [-0.05, 0) is 129 Å². The first-order valence-electron chi connectivity index (χ1n) is 24.3. The Kier molecular flexibility index (Phi) is 17.0. The Bertz CT molecular complexity index is 2920. The number of nitrogens with one attached hydrogen (secondary N) is 2. The molecule has 0 amide bonds. The van der Waals surface area contributed by atoms with Gasteiger partial charge in [0, 0.05) is 34.6 Å². The first-order chi connectivity index (χ1) is 35.0. The number of nitriles is 1. The molecule has 11 nitrogen and oxygen atoms in total. The fraction of sp³-hybridized carbons (Fsp3) is 0.250. The largest absolute Gasteiger partial charge is 0.497 e. The van der Waals surface area contributed by atoms with Crippen LogP contribution in [0.25, 0.3) is 0 Å². The number of carbonyl (C=O) groups excluding carboxylic acids is 2. The molecule has 12 heteroatoms. The summed E-state index contributed by atoms with van der Waals surface area (Å²) < 4.78 is 32.7. The van der Waals surface area contributed by atoms with Crippen molar-refractivity contribution < 1.29 is 32.8 Å². The Balaban J connectivity index is 0.940. The molecule has 0 radical (unpaired) electrons. The van der Waals surface area contributed by atoms with Crippen molar-refractivity contribution in [2.75, 3.05) is 44.7 Å². The summed E-state index contributed by atoms with van der Waals surface area (Å²) >= 11 is 0. The van der Waals surface area contributed by atoms with Crippen molar-refractivity contribution >= 4 is 42.8 Å². The van der Waals surface area contributed by atoms with E-state index in [1.54, 1.807) is 38.5 Å². The molecule has 7 aromatic rings. The van der Waals surface area contributed by atoms with Gasteiger partial charge in [-0.1, -0.05) is 103 Å². The Morgan fingerprint density at radius 2 is 0.986 bits per heavy atom. The van der Waals surface area contributed by atoms with E-state index in [1.807, 2.05) is 127 Å². The van der Waals surface area contributed by atoms with Crippen LogP contribution in [0.1, 0.15) is 93.8 Å². The van der Waals surface area contributed by atoms with E-state index in [0.717, 1.165) is 50.7 Å². The fourth-order valence-electron chi connectivity index (χ4n) is 9.22. The average molecular weight is 981 g/mol. The summed E-state index contributed by atoms with van der Waals surface area (Å²) in [6.45, 7) is 9.64. The maximum atomic E-state index is 14.4. The van der Waals surface area contributed by atoms with Gasteiger partial charge in [0.15, 0.2) is 11.6 Å². The number of benzene rings is 7. The second-order valence-corrected chi connectivity index (χ2v) is 19.4. The van der Waals surface area contributed by atoms with Gasteiger partial charge in [0.2, 0.25) is 0 Å². The third kappa shape index (κ3) is 11.5. The van der Waals surface area contributed by atoms with Crippen LogP contribution in [0.2, 0.25) is 0 Å². The predicted octanol–water partition coefficient (Wildman–Crippen LogP) is 13.4. The highest BCUT2D eigenvalue weighted by atomic mass is 31.2. The van der Waals surface area contributed by atoms with Gasteiger partial charge in [-0.25, -0.2) is 4.67 Å². The van der Waals surface area contributed by atoms with Crippen molar-refractivity contribution in [1.82, 2.24) is 4.67 Å². The summed E-state index contributed by atoms with van der Waals surface area (Å²) in [5, 5.41) is 15.9. The quantitative estimate of drug-likeness (QED) is 0.0361. The highest BCUT2D eigenvalue weighted by Gasteiger charge is 2.38. The van der Waals surface area contributed by atoms with Crippen molar-refractivity contribution in [2.45, 2.75) is 64.6 Å². The van der Waals surface area contributed by atoms with E-state index in [9.17, 15) is 9.59 Å². The lowest BCUT2D eigenvalue weighted by molar-refractivity contribution is 0.0147. The van der Waals surface area contributed by atoms with Crippen LogP contribution in [0, 0.1) is 11.3 Å². The molecule has 0 bridgehead atoms. The van der Waals surface area contributed by atoms with Gasteiger partial charge in [0.25, 0.3) is 8.53 Å². The summed E-state index contributed by atoms with van der Waals surface area (Å²) in [5.74, 6) is 1.06. The van der Waals surface area contributed by atoms with Crippen molar-refractivity contribution in [3.8, 4) is 17.6 Å². The number of methoxy groups -OCH3 is 2. The summed E-state index contributed by atoms with van der Waals surface area (Å²) in [6.07, 6.45) is 1.60. The normalized spacial score (nSPS) is 12.6. The van der Waals surface area contributed by atoms with Crippen LogP contribution in [-0.4, -0.2) is 62.4 Å². The highest BCUT2D eigenvalue weighted by molar-refractivity contribution is 7.44. The number of fused-ring (bicyclic) bond motifs is 2. The van der Waals surface area contributed by atoms with Gasteiger partial charge >= 0.3 is 0 Å². The Morgan fingerprint density at radius 3 is 1.43 bits per heavy atom. The molecule has 0 spiro atoms. The second kappa shape index (κ2) is 23.8. The lowest BCUT2D eigenvalue weighted by atomic mass is 9.80. The van der Waals surface area contributed by atoms with E-state index in [0.29, 0.717) is 72.7 Å². The molecule has 72 heavy (non-hydrogen) atoms. The summed E-state index contributed by atoms with van der Waals surface area (Å²) in [6, 6.07) is 55.5. The molecule has 1 unspecified atom stereocenters. The molecule has 7 aromatic carbocycles. The molecular weight excluding hydrogens is 920 g/mol. The monoisotopic (exact) mass is 980 g/mol. The molecule has 368 valence electrons. The molecular formula is C60H61N4O7P. The maximum absolute atomic E-state index is 14.4. The van der Waals surface area contributed by atoms with Gasteiger partial charge in [0.05, 0.1) is 69.0 Å². The SMILES string of the molecule is COc1ccc(C(OCCc2ccc(Nc3cccc4c3C(=O)c3cccc(Nc5ccc(CCOP(OCCC#N)N(C(C)C)C(C)C)cc5)c3C4=O)cc2)(c2ccccc2)c2ccc(OC)cc2)cc1. The van der Waals surface area contributed by atoms with Crippen LogP contribution in [0.3, 0.4) is 0 Å². The van der Waals surface area contributed by atoms with Crippen LogP contribution in [0.4, 0.5) is 22.7 Å². The van der Waals surface area contributed by atoms with E-state index < -0.39 is 14.1 Å². The van der Waals surface area contributed by atoms with Crippen molar-refractivity contribution in [3.05, 3.63) is 214 Å². The number of rotatable bonds is 23. The zero-order chi connectivity index (χ0) is 50.6. The molecule has 2 N–H and O–H groups in total. The summed E-state index contributed by atoms with van der Waals surface area (Å²) in [4.78, 5) is 28.8. The van der Waals surface area contributed by atoms with Crippen molar-refractivity contribution in [1.29, 1.82) is 5.26 Å². The zero-order valence-corrected chi connectivity index (χ0v) is 42.6. The lowest BCUT2D eigenvalue weighted by Gasteiger charge is -2.36. The van der Waals surface area contributed by atoms with Gasteiger partial charge in [-0.15, -0.1) is 0 Å². The third-order valence-electron chi connectivity index (χ3n) is 12.7. The molecule has 0 saturated carbocycles. The van der Waals surface area contributed by atoms with Crippen LogP contribution in [0.15, 0.2) is 164 Å². The molecule has 0 aromatic heterocycles. The number of hydrogen-bond acceptors (Lipinski definition) is 11. The Hall–Kier alpha value is -7.16. The molecule has 1 aliphatic carbocycles. The minimum Gasteiger partial charge on any atom is -0.497 e. The molecule has 0 heterocycles. The molecule has 8 rings (SSSR count). The predicted molar refractivity (Wildman–Crippen MR) is 286 cm³/mol. The number of ketones is 2. The standard InChI is InChI=1S/C60H61N4O7P/c1-41(2)64(42(3)4)72(70-38-12-37-61)71-40-36-44-21-29-49(30-22-44)63-55-18-11-16-53-57(55)59(66)52-15-10-17-54(56(52)58(53)65)62-48-27-19-43(20-28-48)35-39-69-60(45-13-8-7-9-14-45,46-23-31-50(67-5)32-24-46)47-25-33-51(68-6)34-26-47/h7-11,13-34,41-42,62-63H,12,35-36,38-40H2,1-6H3. The number of nitrogens with zero attached hydrogens (tertiary/aromatic N) is 2. The highest BCUT2D eigenvalue weighted by Crippen LogP contribution is 2.46. The first-order valence-corrected chi connectivity index (χ1v) is 25.4. The molecule has 0 saturated heterocycles. The van der Waals surface area contributed by atoms with Gasteiger partial charge in [-0.3, -0.25) is 9.59 Å². The molecule has 1 atom stereocenters. The number of carbonyl (C=O) groups is 2. The minimum absolute atomic E-state index is 0.220.